The van der Waals surface area contributed by atoms with E-state index in [1.807, 2.05) is 6.26 Å². The van der Waals surface area contributed by atoms with Crippen LogP contribution in [0.25, 0.3) is 0 Å². The fourth-order valence-electron chi connectivity index (χ4n) is 2.77. The summed E-state index contributed by atoms with van der Waals surface area (Å²) in [6.45, 7) is 1.72. The number of thioether (sulfide) groups is 1. The van der Waals surface area contributed by atoms with Crippen molar-refractivity contribution in [3.05, 3.63) is 39.9 Å². The summed E-state index contributed by atoms with van der Waals surface area (Å²) in [4.78, 5) is 35.4. The molecule has 1 aliphatic heterocycles. The molecule has 1 unspecified atom stereocenters. The van der Waals surface area contributed by atoms with E-state index in [4.69, 9.17) is 0 Å². The first-order valence-electron chi connectivity index (χ1n) is 8.56. The number of benzene rings is 1. The van der Waals surface area contributed by atoms with Gasteiger partial charge in [0.25, 0.3) is 11.6 Å². The normalized spacial score (nSPS) is 15.9. The Morgan fingerprint density at radius 3 is 2.77 bits per heavy atom. The number of nitro benzene ring substituents is 1. The average molecular weight is 380 g/mol. The van der Waals surface area contributed by atoms with Gasteiger partial charge in [0.2, 0.25) is 5.91 Å². The number of hydrogen-bond donors (Lipinski definition) is 3. The first kappa shape index (κ1) is 20.2. The molecule has 1 aromatic carbocycles. The van der Waals surface area contributed by atoms with E-state index in [2.05, 4.69) is 16.0 Å². The molecule has 3 N–H and O–H groups in total. The van der Waals surface area contributed by atoms with Crippen molar-refractivity contribution >= 4 is 29.3 Å². The molecule has 1 atom stereocenters. The summed E-state index contributed by atoms with van der Waals surface area (Å²) >= 11 is 1.59. The van der Waals surface area contributed by atoms with Crippen LogP contribution >= 0.6 is 11.8 Å². The highest BCUT2D eigenvalue weighted by molar-refractivity contribution is 7.98. The number of rotatable bonds is 8. The van der Waals surface area contributed by atoms with Crippen LogP contribution in [0, 0.1) is 10.1 Å². The molecule has 1 heterocycles. The molecule has 1 aliphatic rings. The van der Waals surface area contributed by atoms with Crippen LogP contribution < -0.4 is 16.0 Å². The topological polar surface area (TPSA) is 113 Å². The maximum absolute atomic E-state index is 12.6. The van der Waals surface area contributed by atoms with Gasteiger partial charge in [0, 0.05) is 23.7 Å². The monoisotopic (exact) mass is 380 g/mol. The van der Waals surface area contributed by atoms with Crippen LogP contribution in [0.5, 0.6) is 0 Å². The summed E-state index contributed by atoms with van der Waals surface area (Å²) in [5.74, 6) is 0.0319. The number of hydrogen-bond acceptors (Lipinski definition) is 6. The summed E-state index contributed by atoms with van der Waals surface area (Å²) in [5, 5.41) is 19.8. The van der Waals surface area contributed by atoms with Gasteiger partial charge < -0.3 is 16.0 Å². The number of nitrogens with zero attached hydrogens (tertiary/aromatic N) is 1. The number of nitro groups is 1. The molecular formula is C17H24N4O4S. The molecule has 2 amide bonds. The maximum atomic E-state index is 12.6. The second-order valence-electron chi connectivity index (χ2n) is 6.15. The third-order valence-corrected chi connectivity index (χ3v) is 4.88. The summed E-state index contributed by atoms with van der Waals surface area (Å²) in [6.07, 6.45) is 4.16. The predicted octanol–water partition coefficient (Wildman–Crippen LogP) is 1.31. The van der Waals surface area contributed by atoms with Crippen LogP contribution in [-0.4, -0.2) is 53.9 Å². The predicted molar refractivity (Wildman–Crippen MR) is 101 cm³/mol. The zero-order chi connectivity index (χ0) is 18.9. The molecule has 0 saturated carbocycles. The lowest BCUT2D eigenvalue weighted by molar-refractivity contribution is -0.384. The van der Waals surface area contributed by atoms with Gasteiger partial charge in [-0.05, 0) is 50.4 Å². The van der Waals surface area contributed by atoms with E-state index in [1.54, 1.807) is 11.8 Å². The number of non-ortho nitro benzene ring substituents is 1. The van der Waals surface area contributed by atoms with Gasteiger partial charge >= 0.3 is 0 Å². The van der Waals surface area contributed by atoms with Gasteiger partial charge in [-0.3, -0.25) is 19.7 Å². The lowest BCUT2D eigenvalue weighted by Crippen LogP contribution is -2.51. The largest absolute Gasteiger partial charge is 0.351 e. The first-order valence-corrected chi connectivity index (χ1v) is 9.96. The molecule has 0 bridgehead atoms. The SMILES string of the molecule is CSCCC(NC(=O)c1cccc([N+](=O)[O-])c1)C(=O)NC1CCNCC1. The van der Waals surface area contributed by atoms with Gasteiger partial charge in [0.05, 0.1) is 4.92 Å². The Hall–Kier alpha value is -2.13. The van der Waals surface area contributed by atoms with Crippen molar-refractivity contribution in [3.63, 3.8) is 0 Å². The molecule has 0 aromatic heterocycles. The molecule has 0 radical (unpaired) electrons. The minimum absolute atomic E-state index is 0.107. The number of carbonyl (C=O) groups excluding carboxylic acids is 2. The van der Waals surface area contributed by atoms with E-state index in [0.717, 1.165) is 31.7 Å². The van der Waals surface area contributed by atoms with E-state index < -0.39 is 16.9 Å². The fourth-order valence-corrected chi connectivity index (χ4v) is 3.25. The Morgan fingerprint density at radius 2 is 2.12 bits per heavy atom. The zero-order valence-corrected chi connectivity index (χ0v) is 15.5. The zero-order valence-electron chi connectivity index (χ0n) is 14.7. The number of piperidine rings is 1. The third kappa shape index (κ3) is 5.99. The molecule has 2 rings (SSSR count). The molecule has 142 valence electrons. The summed E-state index contributed by atoms with van der Waals surface area (Å²) in [7, 11) is 0. The van der Waals surface area contributed by atoms with Gasteiger partial charge in [-0.15, -0.1) is 0 Å². The third-order valence-electron chi connectivity index (χ3n) is 4.24. The number of amides is 2. The van der Waals surface area contributed by atoms with Crippen molar-refractivity contribution in [3.8, 4) is 0 Å². The second kappa shape index (κ2) is 10.1. The quantitative estimate of drug-likeness (QED) is 0.463. The van der Waals surface area contributed by atoms with E-state index >= 15 is 0 Å². The Balaban J connectivity index is 2.03. The van der Waals surface area contributed by atoms with Crippen LogP contribution in [0.2, 0.25) is 0 Å². The average Bonchev–Trinajstić information content (AvgIpc) is 2.65. The van der Waals surface area contributed by atoms with Crippen LogP contribution in [0.1, 0.15) is 29.6 Å². The van der Waals surface area contributed by atoms with Crippen molar-refractivity contribution in [1.29, 1.82) is 0 Å². The van der Waals surface area contributed by atoms with Crippen LogP contribution in [0.4, 0.5) is 5.69 Å². The minimum Gasteiger partial charge on any atom is -0.351 e. The first-order chi connectivity index (χ1) is 12.5. The summed E-state index contributed by atoms with van der Waals surface area (Å²) in [5.41, 5.74) is 0.0143. The van der Waals surface area contributed by atoms with Crippen molar-refractivity contribution in [2.45, 2.75) is 31.3 Å². The Kier molecular flexibility index (Phi) is 7.86. The Morgan fingerprint density at radius 1 is 1.38 bits per heavy atom. The van der Waals surface area contributed by atoms with Gasteiger partial charge in [-0.25, -0.2) is 0 Å². The molecule has 1 aromatic rings. The van der Waals surface area contributed by atoms with Crippen LogP contribution in [-0.2, 0) is 4.79 Å². The molecule has 9 heteroatoms. The Bertz CT molecular complexity index is 649. The van der Waals surface area contributed by atoms with Gasteiger partial charge in [0.15, 0.2) is 0 Å². The minimum atomic E-state index is -0.663. The highest BCUT2D eigenvalue weighted by Gasteiger charge is 2.24. The van der Waals surface area contributed by atoms with Crippen molar-refractivity contribution < 1.29 is 14.5 Å². The number of carbonyl (C=O) groups is 2. The van der Waals surface area contributed by atoms with Crippen molar-refractivity contribution in [1.82, 2.24) is 16.0 Å². The summed E-state index contributed by atoms with van der Waals surface area (Å²) < 4.78 is 0. The lowest BCUT2D eigenvalue weighted by Gasteiger charge is -2.26. The van der Waals surface area contributed by atoms with Gasteiger partial charge in [-0.2, -0.15) is 11.8 Å². The molecule has 0 spiro atoms. The summed E-state index contributed by atoms with van der Waals surface area (Å²) in [6, 6.07) is 4.94. The van der Waals surface area contributed by atoms with E-state index in [-0.39, 0.29) is 23.2 Å². The molecule has 0 aliphatic carbocycles. The van der Waals surface area contributed by atoms with Crippen LogP contribution in [0.3, 0.4) is 0 Å². The van der Waals surface area contributed by atoms with E-state index in [1.165, 1.54) is 24.3 Å². The van der Waals surface area contributed by atoms with Gasteiger partial charge in [-0.1, -0.05) is 6.07 Å². The lowest BCUT2D eigenvalue weighted by atomic mass is 10.1. The fraction of sp³-hybridized carbons (Fsp3) is 0.529. The van der Waals surface area contributed by atoms with Crippen molar-refractivity contribution in [2.75, 3.05) is 25.1 Å². The molecule has 1 fully saturated rings. The van der Waals surface area contributed by atoms with Crippen molar-refractivity contribution in [2.24, 2.45) is 0 Å². The second-order valence-corrected chi connectivity index (χ2v) is 7.13. The molecule has 8 nitrogen and oxygen atoms in total. The van der Waals surface area contributed by atoms with E-state index in [0.29, 0.717) is 6.42 Å². The van der Waals surface area contributed by atoms with Gasteiger partial charge in [0.1, 0.15) is 6.04 Å². The van der Waals surface area contributed by atoms with E-state index in [9.17, 15) is 19.7 Å². The highest BCUT2D eigenvalue weighted by Crippen LogP contribution is 2.14. The Labute approximate surface area is 156 Å². The molecule has 26 heavy (non-hydrogen) atoms. The molecule has 1 saturated heterocycles. The smallest absolute Gasteiger partial charge is 0.270 e. The van der Waals surface area contributed by atoms with Crippen LogP contribution in [0.15, 0.2) is 24.3 Å². The maximum Gasteiger partial charge on any atom is 0.270 e. The molecular weight excluding hydrogens is 356 g/mol. The number of nitrogens with one attached hydrogen (secondary N) is 3. The highest BCUT2D eigenvalue weighted by atomic mass is 32.2. The standard InChI is InChI=1S/C17H24N4O4S/c1-26-10-7-15(17(23)19-13-5-8-18-9-6-13)20-16(22)12-3-2-4-14(11-12)21(24)25/h2-4,11,13,15,18H,5-10H2,1H3,(H,19,23)(H,20,22).